The number of amides is 2. The molecule has 2 rings (SSSR count). The van der Waals surface area contributed by atoms with E-state index >= 15 is 0 Å². The Morgan fingerprint density at radius 3 is 2.68 bits per heavy atom. The number of aliphatic hydroxyl groups is 1. The van der Waals surface area contributed by atoms with Crippen LogP contribution in [0.4, 0.5) is 4.39 Å². The molecular formula is C15H15FN2O3S. The summed E-state index contributed by atoms with van der Waals surface area (Å²) >= 11 is 1.39. The molecule has 0 aliphatic heterocycles. The molecule has 2 amide bonds. The lowest BCUT2D eigenvalue weighted by molar-refractivity contribution is -0.120. The van der Waals surface area contributed by atoms with Crippen molar-refractivity contribution in [2.75, 3.05) is 13.1 Å². The molecule has 1 atom stereocenters. The van der Waals surface area contributed by atoms with Crippen molar-refractivity contribution in [2.45, 2.75) is 6.10 Å². The molecular weight excluding hydrogens is 307 g/mol. The molecule has 0 spiro atoms. The molecule has 1 aromatic heterocycles. The maximum absolute atomic E-state index is 13.4. The summed E-state index contributed by atoms with van der Waals surface area (Å²) in [5.41, 5.74) is 0.606. The summed E-state index contributed by atoms with van der Waals surface area (Å²) in [6.07, 6.45) is -1.14. The normalized spacial score (nSPS) is 11.7. The number of carbonyl (C=O) groups is 2. The molecule has 2 aromatic rings. The molecule has 0 aliphatic carbocycles. The van der Waals surface area contributed by atoms with Crippen LogP contribution >= 0.6 is 11.3 Å². The van der Waals surface area contributed by atoms with Crippen LogP contribution in [0.5, 0.6) is 0 Å². The van der Waals surface area contributed by atoms with E-state index < -0.39 is 17.8 Å². The van der Waals surface area contributed by atoms with Crippen molar-refractivity contribution in [3.05, 3.63) is 58.0 Å². The van der Waals surface area contributed by atoms with Crippen LogP contribution in [0.3, 0.4) is 0 Å². The van der Waals surface area contributed by atoms with E-state index in [1.807, 2.05) is 0 Å². The third-order valence-corrected chi connectivity index (χ3v) is 3.63. The van der Waals surface area contributed by atoms with Gasteiger partial charge in [-0.2, -0.15) is 11.3 Å². The van der Waals surface area contributed by atoms with Gasteiger partial charge in [-0.25, -0.2) is 4.39 Å². The maximum atomic E-state index is 13.4. The largest absolute Gasteiger partial charge is 0.386 e. The van der Waals surface area contributed by atoms with Crippen LogP contribution in [0.1, 0.15) is 22.0 Å². The number of aliphatic hydroxyl groups excluding tert-OH is 1. The lowest BCUT2D eigenvalue weighted by atomic mass is 10.1. The third kappa shape index (κ3) is 4.37. The molecule has 0 radical (unpaired) electrons. The average Bonchev–Trinajstić information content (AvgIpc) is 3.05. The molecule has 22 heavy (non-hydrogen) atoms. The number of carbonyl (C=O) groups excluding carboxylic acids is 2. The van der Waals surface area contributed by atoms with Crippen LogP contribution in [-0.2, 0) is 4.79 Å². The van der Waals surface area contributed by atoms with Crippen molar-refractivity contribution in [2.24, 2.45) is 0 Å². The van der Waals surface area contributed by atoms with Crippen LogP contribution in [0, 0.1) is 5.82 Å². The van der Waals surface area contributed by atoms with Gasteiger partial charge in [0.05, 0.1) is 12.6 Å². The first kappa shape index (κ1) is 16.1. The molecule has 1 heterocycles. The van der Waals surface area contributed by atoms with Crippen LogP contribution < -0.4 is 10.6 Å². The molecule has 1 unspecified atom stereocenters. The monoisotopic (exact) mass is 322 g/mol. The number of nitrogens with one attached hydrogen (secondary N) is 2. The van der Waals surface area contributed by atoms with E-state index in [9.17, 15) is 19.1 Å². The Balaban J connectivity index is 1.76. The SMILES string of the molecule is O=C(CNC(=O)c1ccsc1)NCC(O)c1ccccc1F. The molecule has 116 valence electrons. The lowest BCUT2D eigenvalue weighted by Crippen LogP contribution is -2.38. The van der Waals surface area contributed by atoms with Crippen LogP contribution in [-0.4, -0.2) is 30.0 Å². The highest BCUT2D eigenvalue weighted by Gasteiger charge is 2.14. The summed E-state index contributed by atoms with van der Waals surface area (Å²) in [5, 5.41) is 18.2. The van der Waals surface area contributed by atoms with E-state index in [1.54, 1.807) is 22.9 Å². The Labute approximate surface area is 130 Å². The van der Waals surface area contributed by atoms with E-state index in [0.717, 1.165) is 0 Å². The summed E-state index contributed by atoms with van der Waals surface area (Å²) in [7, 11) is 0. The zero-order chi connectivity index (χ0) is 15.9. The molecule has 5 nitrogen and oxygen atoms in total. The van der Waals surface area contributed by atoms with Crippen molar-refractivity contribution in [3.63, 3.8) is 0 Å². The van der Waals surface area contributed by atoms with Crippen molar-refractivity contribution in [3.8, 4) is 0 Å². The minimum Gasteiger partial charge on any atom is -0.386 e. The number of halogens is 1. The molecule has 0 aliphatic rings. The summed E-state index contributed by atoms with van der Waals surface area (Å²) in [5.74, 6) is -1.33. The van der Waals surface area contributed by atoms with Gasteiger partial charge in [0.1, 0.15) is 5.82 Å². The van der Waals surface area contributed by atoms with E-state index in [-0.39, 0.29) is 24.6 Å². The highest BCUT2D eigenvalue weighted by molar-refractivity contribution is 7.08. The molecule has 0 bridgehead atoms. The van der Waals surface area contributed by atoms with Gasteiger partial charge in [0.15, 0.2) is 0 Å². The number of thiophene rings is 1. The zero-order valence-electron chi connectivity index (χ0n) is 11.6. The number of hydrogen-bond acceptors (Lipinski definition) is 4. The first-order valence-electron chi connectivity index (χ1n) is 6.57. The van der Waals surface area contributed by atoms with Crippen LogP contribution in [0.15, 0.2) is 41.1 Å². The molecule has 0 saturated heterocycles. The Morgan fingerprint density at radius 2 is 2.00 bits per heavy atom. The molecule has 0 saturated carbocycles. The van der Waals surface area contributed by atoms with Gasteiger partial charge in [0, 0.05) is 23.1 Å². The Kier molecular flexibility index (Phi) is 5.62. The van der Waals surface area contributed by atoms with Crippen LogP contribution in [0.25, 0.3) is 0 Å². The van der Waals surface area contributed by atoms with Gasteiger partial charge >= 0.3 is 0 Å². The van der Waals surface area contributed by atoms with Gasteiger partial charge in [-0.05, 0) is 17.5 Å². The van der Waals surface area contributed by atoms with E-state index in [2.05, 4.69) is 10.6 Å². The van der Waals surface area contributed by atoms with Crippen molar-refractivity contribution < 1.29 is 19.1 Å². The van der Waals surface area contributed by atoms with Gasteiger partial charge in [-0.1, -0.05) is 18.2 Å². The fourth-order valence-electron chi connectivity index (χ4n) is 1.78. The Morgan fingerprint density at radius 1 is 1.23 bits per heavy atom. The number of rotatable bonds is 6. The van der Waals surface area contributed by atoms with Gasteiger partial charge < -0.3 is 15.7 Å². The lowest BCUT2D eigenvalue weighted by Gasteiger charge is -2.13. The van der Waals surface area contributed by atoms with Crippen molar-refractivity contribution >= 4 is 23.2 Å². The van der Waals surface area contributed by atoms with E-state index in [0.29, 0.717) is 5.56 Å². The minimum atomic E-state index is -1.14. The standard InChI is InChI=1S/C15H15FN2O3S/c16-12-4-2-1-3-11(12)13(19)7-17-14(20)8-18-15(21)10-5-6-22-9-10/h1-6,9,13,19H,7-8H2,(H,17,20)(H,18,21). The summed E-state index contributed by atoms with van der Waals surface area (Å²) in [4.78, 5) is 23.2. The van der Waals surface area contributed by atoms with E-state index in [1.165, 1.54) is 29.5 Å². The Bertz CT molecular complexity index is 646. The highest BCUT2D eigenvalue weighted by Crippen LogP contribution is 2.15. The number of hydrogen-bond donors (Lipinski definition) is 3. The predicted octanol–water partition coefficient (Wildman–Crippen LogP) is 1.47. The molecule has 3 N–H and O–H groups in total. The predicted molar refractivity (Wildman–Crippen MR) is 81.0 cm³/mol. The summed E-state index contributed by atoms with van der Waals surface area (Å²) < 4.78 is 13.4. The average molecular weight is 322 g/mol. The smallest absolute Gasteiger partial charge is 0.252 e. The second kappa shape index (κ2) is 7.67. The molecule has 1 aromatic carbocycles. The summed E-state index contributed by atoms with van der Waals surface area (Å²) in [6, 6.07) is 7.46. The van der Waals surface area contributed by atoms with Crippen molar-refractivity contribution in [1.82, 2.24) is 10.6 Å². The van der Waals surface area contributed by atoms with E-state index in [4.69, 9.17) is 0 Å². The first-order valence-corrected chi connectivity index (χ1v) is 7.52. The van der Waals surface area contributed by atoms with Crippen LogP contribution in [0.2, 0.25) is 0 Å². The zero-order valence-corrected chi connectivity index (χ0v) is 12.4. The third-order valence-electron chi connectivity index (χ3n) is 2.95. The van der Waals surface area contributed by atoms with Gasteiger partial charge in [-0.15, -0.1) is 0 Å². The first-order chi connectivity index (χ1) is 10.6. The Hall–Kier alpha value is -2.25. The molecule has 0 fully saturated rings. The second-order valence-corrected chi connectivity index (χ2v) is 5.32. The fourth-order valence-corrected chi connectivity index (χ4v) is 2.42. The second-order valence-electron chi connectivity index (χ2n) is 4.54. The highest BCUT2D eigenvalue weighted by atomic mass is 32.1. The minimum absolute atomic E-state index is 0.116. The fraction of sp³-hybridized carbons (Fsp3) is 0.200. The van der Waals surface area contributed by atoms with Crippen molar-refractivity contribution in [1.29, 1.82) is 0 Å². The number of benzene rings is 1. The van der Waals surface area contributed by atoms with Gasteiger partial charge in [0.2, 0.25) is 5.91 Å². The summed E-state index contributed by atoms with van der Waals surface area (Å²) in [6.45, 7) is -0.341. The maximum Gasteiger partial charge on any atom is 0.252 e. The van der Waals surface area contributed by atoms with Gasteiger partial charge in [0.25, 0.3) is 5.91 Å². The van der Waals surface area contributed by atoms with Gasteiger partial charge in [-0.3, -0.25) is 9.59 Å². The topological polar surface area (TPSA) is 78.4 Å². The molecule has 7 heteroatoms. The quantitative estimate of drug-likeness (QED) is 0.753.